The van der Waals surface area contributed by atoms with E-state index in [9.17, 15) is 9.18 Å². The van der Waals surface area contributed by atoms with Crippen LogP contribution < -0.4 is 4.74 Å². The molecule has 0 unspecified atom stereocenters. The Balaban J connectivity index is 1.67. The van der Waals surface area contributed by atoms with Gasteiger partial charge in [0.2, 0.25) is 5.82 Å². The average Bonchev–Trinajstić information content (AvgIpc) is 3.09. The molecule has 0 radical (unpaired) electrons. The van der Waals surface area contributed by atoms with E-state index in [1.165, 1.54) is 18.2 Å². The molecule has 24 heavy (non-hydrogen) atoms. The molecule has 2 aromatic carbocycles. The smallest absolute Gasteiger partial charge is 0.338 e. The van der Waals surface area contributed by atoms with Gasteiger partial charge in [-0.3, -0.25) is 0 Å². The standard InChI is InChI=1S/C17H13FN2O4/c1-22-14-7-3-4-11(9-14)16-19-15(24-20-16)10-23-17(21)12-5-2-6-13(18)8-12/h2-9H,10H2,1H3. The van der Waals surface area contributed by atoms with Crippen molar-refractivity contribution in [2.45, 2.75) is 6.61 Å². The molecule has 0 N–H and O–H groups in total. The SMILES string of the molecule is COc1cccc(-c2noc(COC(=O)c3cccc(F)c3)n2)c1. The predicted molar refractivity (Wildman–Crippen MR) is 81.8 cm³/mol. The van der Waals surface area contributed by atoms with Crippen LogP contribution in [0.1, 0.15) is 16.2 Å². The van der Waals surface area contributed by atoms with Crippen molar-refractivity contribution < 1.29 is 23.2 Å². The van der Waals surface area contributed by atoms with Crippen LogP contribution in [-0.2, 0) is 11.3 Å². The number of hydrogen-bond donors (Lipinski definition) is 0. The van der Waals surface area contributed by atoms with E-state index >= 15 is 0 Å². The van der Waals surface area contributed by atoms with Crippen LogP contribution in [0, 0.1) is 5.82 Å². The molecule has 6 nitrogen and oxygen atoms in total. The van der Waals surface area contributed by atoms with Crippen molar-refractivity contribution in [1.29, 1.82) is 0 Å². The number of nitrogens with zero attached hydrogens (tertiary/aromatic N) is 2. The highest BCUT2D eigenvalue weighted by atomic mass is 19.1. The van der Waals surface area contributed by atoms with E-state index in [2.05, 4.69) is 10.1 Å². The summed E-state index contributed by atoms with van der Waals surface area (Å²) in [5.74, 6) is -0.0298. The third-order valence-corrected chi connectivity index (χ3v) is 3.18. The van der Waals surface area contributed by atoms with Gasteiger partial charge in [-0.05, 0) is 30.3 Å². The number of ether oxygens (including phenoxy) is 2. The van der Waals surface area contributed by atoms with Gasteiger partial charge >= 0.3 is 5.97 Å². The molecule has 0 spiro atoms. The highest BCUT2D eigenvalue weighted by Gasteiger charge is 2.13. The summed E-state index contributed by atoms with van der Waals surface area (Å²) in [7, 11) is 1.56. The topological polar surface area (TPSA) is 74.5 Å². The number of methoxy groups -OCH3 is 1. The summed E-state index contributed by atoms with van der Waals surface area (Å²) < 4.78 is 28.3. The van der Waals surface area contributed by atoms with Crippen LogP contribution in [0.4, 0.5) is 4.39 Å². The fourth-order valence-corrected chi connectivity index (χ4v) is 2.02. The minimum Gasteiger partial charge on any atom is -0.497 e. The molecule has 1 aromatic heterocycles. The van der Waals surface area contributed by atoms with Crippen molar-refractivity contribution >= 4 is 5.97 Å². The highest BCUT2D eigenvalue weighted by molar-refractivity contribution is 5.89. The Hall–Kier alpha value is -3.22. The van der Waals surface area contributed by atoms with E-state index in [0.717, 1.165) is 6.07 Å². The van der Waals surface area contributed by atoms with E-state index in [1.807, 2.05) is 0 Å². The van der Waals surface area contributed by atoms with Crippen LogP contribution in [-0.4, -0.2) is 23.2 Å². The number of benzene rings is 2. The summed E-state index contributed by atoms with van der Waals surface area (Å²) >= 11 is 0. The lowest BCUT2D eigenvalue weighted by Crippen LogP contribution is -2.05. The van der Waals surface area contributed by atoms with Gasteiger partial charge in [0.1, 0.15) is 11.6 Å². The lowest BCUT2D eigenvalue weighted by molar-refractivity contribution is 0.0429. The first-order chi connectivity index (χ1) is 11.7. The Morgan fingerprint density at radius 2 is 2.04 bits per heavy atom. The summed E-state index contributed by atoms with van der Waals surface area (Å²) in [5, 5.41) is 3.83. The molecular weight excluding hydrogens is 315 g/mol. The molecule has 1 heterocycles. The van der Waals surface area contributed by atoms with Gasteiger partial charge in [-0.1, -0.05) is 23.4 Å². The molecule has 7 heteroatoms. The summed E-state index contributed by atoms with van der Waals surface area (Å²) in [6.45, 7) is -0.202. The minimum atomic E-state index is -0.671. The second kappa shape index (κ2) is 6.91. The van der Waals surface area contributed by atoms with Crippen molar-refractivity contribution in [3.8, 4) is 17.1 Å². The monoisotopic (exact) mass is 328 g/mol. The molecule has 3 rings (SSSR count). The number of rotatable bonds is 5. The third kappa shape index (κ3) is 3.57. The molecule has 0 aliphatic heterocycles. The number of hydrogen-bond acceptors (Lipinski definition) is 6. The molecular formula is C17H13FN2O4. The minimum absolute atomic E-state index is 0.113. The van der Waals surface area contributed by atoms with E-state index in [1.54, 1.807) is 31.4 Å². The normalized spacial score (nSPS) is 10.4. The van der Waals surface area contributed by atoms with E-state index in [4.69, 9.17) is 14.0 Å². The number of carbonyl (C=O) groups is 1. The fourth-order valence-electron chi connectivity index (χ4n) is 2.02. The van der Waals surface area contributed by atoms with Gasteiger partial charge < -0.3 is 14.0 Å². The Morgan fingerprint density at radius 1 is 1.21 bits per heavy atom. The first-order valence-electron chi connectivity index (χ1n) is 7.05. The van der Waals surface area contributed by atoms with Crippen LogP contribution >= 0.6 is 0 Å². The van der Waals surface area contributed by atoms with Crippen LogP contribution in [0.5, 0.6) is 5.75 Å². The van der Waals surface area contributed by atoms with Gasteiger partial charge in [-0.15, -0.1) is 0 Å². The molecule has 3 aromatic rings. The Morgan fingerprint density at radius 3 is 2.83 bits per heavy atom. The zero-order valence-electron chi connectivity index (χ0n) is 12.7. The summed E-state index contributed by atoms with van der Waals surface area (Å²) in [6, 6.07) is 12.4. The Kier molecular flexibility index (Phi) is 4.51. The van der Waals surface area contributed by atoms with Crippen molar-refractivity contribution in [3.05, 3.63) is 65.8 Å². The highest BCUT2D eigenvalue weighted by Crippen LogP contribution is 2.21. The van der Waals surface area contributed by atoms with Crippen LogP contribution in [0.3, 0.4) is 0 Å². The zero-order chi connectivity index (χ0) is 16.9. The van der Waals surface area contributed by atoms with Crippen molar-refractivity contribution in [1.82, 2.24) is 10.1 Å². The Labute approximate surface area is 136 Å². The summed E-state index contributed by atoms with van der Waals surface area (Å²) in [4.78, 5) is 16.0. The maximum atomic E-state index is 13.1. The van der Waals surface area contributed by atoms with E-state index in [0.29, 0.717) is 17.1 Å². The van der Waals surface area contributed by atoms with Gasteiger partial charge in [0.05, 0.1) is 12.7 Å². The molecule has 0 saturated heterocycles. The van der Waals surface area contributed by atoms with Gasteiger partial charge in [0.15, 0.2) is 6.61 Å². The van der Waals surface area contributed by atoms with Gasteiger partial charge in [0.25, 0.3) is 5.89 Å². The maximum Gasteiger partial charge on any atom is 0.338 e. The molecule has 0 aliphatic carbocycles. The quantitative estimate of drug-likeness (QED) is 0.669. The van der Waals surface area contributed by atoms with E-state index in [-0.39, 0.29) is 18.1 Å². The second-order valence-corrected chi connectivity index (χ2v) is 4.83. The Bertz CT molecular complexity index is 863. The maximum absolute atomic E-state index is 13.1. The average molecular weight is 328 g/mol. The number of halogens is 1. The summed E-state index contributed by atoms with van der Waals surface area (Å²) in [6.07, 6.45) is 0. The van der Waals surface area contributed by atoms with Crippen molar-refractivity contribution in [2.75, 3.05) is 7.11 Å². The zero-order valence-corrected chi connectivity index (χ0v) is 12.7. The number of aromatic nitrogens is 2. The van der Waals surface area contributed by atoms with Crippen LogP contribution in [0.2, 0.25) is 0 Å². The molecule has 0 saturated carbocycles. The van der Waals surface area contributed by atoms with Crippen molar-refractivity contribution in [3.63, 3.8) is 0 Å². The fraction of sp³-hybridized carbons (Fsp3) is 0.118. The van der Waals surface area contributed by atoms with Crippen molar-refractivity contribution in [2.24, 2.45) is 0 Å². The molecule has 0 aliphatic rings. The van der Waals surface area contributed by atoms with Crippen LogP contribution in [0.25, 0.3) is 11.4 Å². The second-order valence-electron chi connectivity index (χ2n) is 4.83. The molecule has 0 fully saturated rings. The van der Waals surface area contributed by atoms with Gasteiger partial charge in [-0.2, -0.15) is 4.98 Å². The van der Waals surface area contributed by atoms with Gasteiger partial charge in [0, 0.05) is 5.56 Å². The molecule has 0 amide bonds. The van der Waals surface area contributed by atoms with Crippen LogP contribution in [0.15, 0.2) is 53.1 Å². The van der Waals surface area contributed by atoms with E-state index < -0.39 is 11.8 Å². The third-order valence-electron chi connectivity index (χ3n) is 3.18. The number of carbonyl (C=O) groups excluding carboxylic acids is 1. The lowest BCUT2D eigenvalue weighted by Gasteiger charge is -2.01. The molecule has 0 bridgehead atoms. The predicted octanol–water partition coefficient (Wildman–Crippen LogP) is 3.24. The first-order valence-corrected chi connectivity index (χ1v) is 7.05. The first kappa shape index (κ1) is 15.7. The summed E-state index contributed by atoms with van der Waals surface area (Å²) in [5.41, 5.74) is 0.823. The van der Waals surface area contributed by atoms with Gasteiger partial charge in [-0.25, -0.2) is 9.18 Å². The lowest BCUT2D eigenvalue weighted by atomic mass is 10.2. The number of esters is 1. The molecule has 0 atom stereocenters. The molecule has 122 valence electrons. The largest absolute Gasteiger partial charge is 0.497 e.